The van der Waals surface area contributed by atoms with Gasteiger partial charge in [-0.2, -0.15) is 0 Å². The van der Waals surface area contributed by atoms with Crippen molar-refractivity contribution in [1.29, 1.82) is 0 Å². The first kappa shape index (κ1) is 17.5. The molecule has 0 saturated heterocycles. The Hall–Kier alpha value is -1.84. The van der Waals surface area contributed by atoms with Gasteiger partial charge in [0.2, 0.25) is 0 Å². The zero-order valence-electron chi connectivity index (χ0n) is 13.2. The Labute approximate surface area is 141 Å². The number of unbranched alkanes of at least 4 members (excludes halogenated alkanes) is 1. The highest BCUT2D eigenvalue weighted by Crippen LogP contribution is 2.30. The smallest absolute Gasteiger partial charge is 0.329 e. The molecule has 2 aromatic rings. The van der Waals surface area contributed by atoms with Gasteiger partial charge in [0.05, 0.1) is 6.61 Å². The molecule has 0 radical (unpaired) electrons. The first-order chi connectivity index (χ1) is 11.1. The molecule has 23 heavy (non-hydrogen) atoms. The molecule has 0 aromatic heterocycles. The second-order valence-corrected chi connectivity index (χ2v) is 5.88. The number of carboxylic acids is 1. The summed E-state index contributed by atoms with van der Waals surface area (Å²) in [7, 11) is 0. The predicted octanol–water partition coefficient (Wildman–Crippen LogP) is 4.95. The summed E-state index contributed by atoms with van der Waals surface area (Å²) < 4.78 is 5.30. The molecule has 0 spiro atoms. The SMILES string of the molecule is CCCCc1cccc(COCC(=O)O)c1-c1ccc(Cl)cc1. The second kappa shape index (κ2) is 8.70. The van der Waals surface area contributed by atoms with Crippen LogP contribution in [0.4, 0.5) is 0 Å². The Morgan fingerprint density at radius 2 is 1.83 bits per heavy atom. The zero-order valence-corrected chi connectivity index (χ0v) is 14.0. The van der Waals surface area contributed by atoms with E-state index in [-0.39, 0.29) is 13.2 Å². The van der Waals surface area contributed by atoms with Crippen molar-refractivity contribution in [2.24, 2.45) is 0 Å². The van der Waals surface area contributed by atoms with E-state index in [1.807, 2.05) is 36.4 Å². The highest BCUT2D eigenvalue weighted by Gasteiger charge is 2.11. The summed E-state index contributed by atoms with van der Waals surface area (Å²) >= 11 is 5.99. The van der Waals surface area contributed by atoms with E-state index >= 15 is 0 Å². The monoisotopic (exact) mass is 332 g/mol. The highest BCUT2D eigenvalue weighted by atomic mass is 35.5. The Morgan fingerprint density at radius 1 is 1.13 bits per heavy atom. The first-order valence-corrected chi connectivity index (χ1v) is 8.16. The zero-order chi connectivity index (χ0) is 16.7. The predicted molar refractivity (Wildman–Crippen MR) is 92.8 cm³/mol. The van der Waals surface area contributed by atoms with Crippen LogP contribution in [-0.4, -0.2) is 17.7 Å². The summed E-state index contributed by atoms with van der Waals surface area (Å²) in [4.78, 5) is 10.7. The van der Waals surface area contributed by atoms with Crippen LogP contribution in [0.25, 0.3) is 11.1 Å². The van der Waals surface area contributed by atoms with Gasteiger partial charge in [0, 0.05) is 5.02 Å². The Bertz CT molecular complexity index is 650. The van der Waals surface area contributed by atoms with Gasteiger partial charge in [-0.3, -0.25) is 0 Å². The molecule has 0 aliphatic heterocycles. The number of aliphatic carboxylic acids is 1. The van der Waals surface area contributed by atoms with E-state index in [1.54, 1.807) is 0 Å². The molecular weight excluding hydrogens is 312 g/mol. The molecule has 2 aromatic carbocycles. The van der Waals surface area contributed by atoms with E-state index in [1.165, 1.54) is 5.56 Å². The summed E-state index contributed by atoms with van der Waals surface area (Å²) in [6.07, 6.45) is 3.22. The van der Waals surface area contributed by atoms with Gasteiger partial charge in [-0.25, -0.2) is 4.79 Å². The van der Waals surface area contributed by atoms with Crippen LogP contribution in [0.3, 0.4) is 0 Å². The molecule has 0 heterocycles. The van der Waals surface area contributed by atoms with Crippen LogP contribution in [0.2, 0.25) is 5.02 Å². The quantitative estimate of drug-likeness (QED) is 0.743. The molecule has 0 atom stereocenters. The van der Waals surface area contributed by atoms with Crippen molar-refractivity contribution in [2.45, 2.75) is 32.8 Å². The van der Waals surface area contributed by atoms with Gasteiger partial charge >= 0.3 is 5.97 Å². The van der Waals surface area contributed by atoms with Gasteiger partial charge in [0.25, 0.3) is 0 Å². The van der Waals surface area contributed by atoms with Crippen molar-refractivity contribution in [3.05, 3.63) is 58.6 Å². The van der Waals surface area contributed by atoms with Gasteiger partial charge in [0.1, 0.15) is 6.61 Å². The number of carboxylic acid groups (broad SMARTS) is 1. The molecule has 3 nitrogen and oxygen atoms in total. The summed E-state index contributed by atoms with van der Waals surface area (Å²) in [6, 6.07) is 13.8. The number of hydrogen-bond acceptors (Lipinski definition) is 2. The van der Waals surface area contributed by atoms with Crippen molar-refractivity contribution in [3.63, 3.8) is 0 Å². The van der Waals surface area contributed by atoms with Crippen molar-refractivity contribution >= 4 is 17.6 Å². The molecule has 0 aliphatic carbocycles. The number of halogens is 1. The molecule has 0 saturated carbocycles. The van der Waals surface area contributed by atoms with Crippen molar-refractivity contribution in [2.75, 3.05) is 6.61 Å². The minimum atomic E-state index is -0.958. The summed E-state index contributed by atoms with van der Waals surface area (Å²) in [5.74, 6) is -0.958. The first-order valence-electron chi connectivity index (χ1n) is 7.78. The molecule has 4 heteroatoms. The van der Waals surface area contributed by atoms with Crippen LogP contribution in [0.15, 0.2) is 42.5 Å². The number of rotatable bonds is 8. The minimum absolute atomic E-state index is 0.282. The molecule has 0 amide bonds. The fourth-order valence-corrected chi connectivity index (χ4v) is 2.71. The molecule has 2 rings (SSSR count). The maximum Gasteiger partial charge on any atom is 0.329 e. The lowest BCUT2D eigenvalue weighted by Crippen LogP contribution is -2.07. The van der Waals surface area contributed by atoms with Crippen LogP contribution in [0.1, 0.15) is 30.9 Å². The molecule has 122 valence electrons. The number of hydrogen-bond donors (Lipinski definition) is 1. The normalized spacial score (nSPS) is 10.7. The lowest BCUT2D eigenvalue weighted by Gasteiger charge is -2.15. The summed E-state index contributed by atoms with van der Waals surface area (Å²) in [6.45, 7) is 2.16. The average molecular weight is 333 g/mol. The number of aryl methyl sites for hydroxylation is 1. The van der Waals surface area contributed by atoms with Crippen LogP contribution >= 0.6 is 11.6 Å². The Balaban J connectivity index is 2.36. The molecule has 0 unspecified atom stereocenters. The van der Waals surface area contributed by atoms with E-state index in [0.29, 0.717) is 5.02 Å². The molecule has 0 aliphatic rings. The lowest BCUT2D eigenvalue weighted by atomic mass is 9.92. The fraction of sp³-hybridized carbons (Fsp3) is 0.316. The van der Waals surface area contributed by atoms with Gasteiger partial charge in [-0.15, -0.1) is 0 Å². The maximum atomic E-state index is 10.7. The Kier molecular flexibility index (Phi) is 6.63. The van der Waals surface area contributed by atoms with Crippen LogP contribution in [-0.2, 0) is 22.6 Å². The van der Waals surface area contributed by atoms with Crippen molar-refractivity contribution < 1.29 is 14.6 Å². The van der Waals surface area contributed by atoms with E-state index in [9.17, 15) is 4.79 Å². The maximum absolute atomic E-state index is 10.7. The largest absolute Gasteiger partial charge is 0.480 e. The highest BCUT2D eigenvalue weighted by molar-refractivity contribution is 6.30. The third-order valence-electron chi connectivity index (χ3n) is 3.65. The van der Waals surface area contributed by atoms with Gasteiger partial charge < -0.3 is 9.84 Å². The minimum Gasteiger partial charge on any atom is -0.480 e. The molecule has 0 fully saturated rings. The standard InChI is InChI=1S/C19H21ClO3/c1-2-3-5-14-6-4-7-16(12-23-13-18(21)22)19(14)15-8-10-17(20)11-9-15/h4,6-11H,2-3,5,12-13H2,1H3,(H,21,22). The average Bonchev–Trinajstić information content (AvgIpc) is 2.53. The number of benzene rings is 2. The van der Waals surface area contributed by atoms with Gasteiger partial charge in [-0.1, -0.05) is 55.3 Å². The molecule has 0 bridgehead atoms. The summed E-state index contributed by atoms with van der Waals surface area (Å²) in [5, 5.41) is 9.44. The van der Waals surface area contributed by atoms with Crippen molar-refractivity contribution in [3.8, 4) is 11.1 Å². The Morgan fingerprint density at radius 3 is 2.48 bits per heavy atom. The third kappa shape index (κ3) is 5.08. The fourth-order valence-electron chi connectivity index (χ4n) is 2.58. The summed E-state index contributed by atoms with van der Waals surface area (Å²) in [5.41, 5.74) is 4.46. The van der Waals surface area contributed by atoms with E-state index in [2.05, 4.69) is 13.0 Å². The third-order valence-corrected chi connectivity index (χ3v) is 3.90. The topological polar surface area (TPSA) is 46.5 Å². The van der Waals surface area contributed by atoms with Crippen LogP contribution in [0, 0.1) is 0 Å². The molecular formula is C19H21ClO3. The van der Waals surface area contributed by atoms with Gasteiger partial charge in [0.15, 0.2) is 0 Å². The van der Waals surface area contributed by atoms with E-state index in [0.717, 1.165) is 36.0 Å². The number of ether oxygens (including phenoxy) is 1. The van der Waals surface area contributed by atoms with E-state index in [4.69, 9.17) is 21.4 Å². The van der Waals surface area contributed by atoms with Gasteiger partial charge in [-0.05, 0) is 47.2 Å². The van der Waals surface area contributed by atoms with Crippen LogP contribution in [0.5, 0.6) is 0 Å². The lowest BCUT2D eigenvalue weighted by molar-refractivity contribution is -0.142. The van der Waals surface area contributed by atoms with E-state index < -0.39 is 5.97 Å². The second-order valence-electron chi connectivity index (χ2n) is 5.45. The van der Waals surface area contributed by atoms with Crippen molar-refractivity contribution in [1.82, 2.24) is 0 Å². The molecule has 1 N–H and O–H groups in total. The number of carbonyl (C=O) groups is 1. The van der Waals surface area contributed by atoms with Crippen LogP contribution < -0.4 is 0 Å².